The largest absolute Gasteiger partial charge is 0.466 e. The predicted molar refractivity (Wildman–Crippen MR) is 60.6 cm³/mol. The average Bonchev–Trinajstić information content (AvgIpc) is 2.71. The van der Waals surface area contributed by atoms with E-state index >= 15 is 0 Å². The summed E-state index contributed by atoms with van der Waals surface area (Å²) in [6.45, 7) is 0. The number of methoxy groups -OCH3 is 1. The van der Waals surface area contributed by atoms with E-state index in [9.17, 15) is 14.0 Å². The fourth-order valence-electron chi connectivity index (χ4n) is 1.41. The summed E-state index contributed by atoms with van der Waals surface area (Å²) >= 11 is 0. The van der Waals surface area contributed by atoms with Crippen molar-refractivity contribution in [1.82, 2.24) is 0 Å². The second-order valence-electron chi connectivity index (χ2n) is 3.51. The lowest BCUT2D eigenvalue weighted by molar-refractivity contribution is -0.135. The molecular weight excluding hydrogens is 239 g/mol. The highest BCUT2D eigenvalue weighted by Gasteiger charge is 2.23. The van der Waals surface area contributed by atoms with Crippen LogP contribution in [0.4, 0.5) is 4.39 Å². The minimum Gasteiger partial charge on any atom is -0.466 e. The summed E-state index contributed by atoms with van der Waals surface area (Å²) in [4.78, 5) is 22.5. The van der Waals surface area contributed by atoms with Crippen molar-refractivity contribution in [3.63, 3.8) is 0 Å². The van der Waals surface area contributed by atoms with Crippen LogP contribution in [-0.2, 0) is 19.1 Å². The van der Waals surface area contributed by atoms with Crippen LogP contribution in [0.5, 0.6) is 0 Å². The number of carbonyl (C=O) groups is 2. The molecule has 0 aliphatic carbocycles. The highest BCUT2D eigenvalue weighted by Crippen LogP contribution is 2.26. The number of allylic oxidation sites excluding steroid dienone is 1. The maximum Gasteiger partial charge on any atom is 0.334 e. The molecule has 2 rings (SSSR count). The Morgan fingerprint density at radius 3 is 2.61 bits per heavy atom. The molecule has 5 heteroatoms. The average molecular weight is 248 g/mol. The van der Waals surface area contributed by atoms with Crippen LogP contribution in [0.25, 0.3) is 5.76 Å². The van der Waals surface area contributed by atoms with E-state index in [0.717, 1.165) is 6.08 Å². The maximum absolute atomic E-state index is 12.7. The molecule has 0 spiro atoms. The first-order valence-electron chi connectivity index (χ1n) is 5.09. The monoisotopic (exact) mass is 248 g/mol. The Balaban J connectivity index is 2.22. The van der Waals surface area contributed by atoms with E-state index < -0.39 is 11.8 Å². The summed E-state index contributed by atoms with van der Waals surface area (Å²) in [5, 5.41) is 0. The zero-order chi connectivity index (χ0) is 13.1. The van der Waals surface area contributed by atoms with Crippen LogP contribution >= 0.6 is 0 Å². The lowest BCUT2D eigenvalue weighted by atomic mass is 10.2. The number of halogens is 1. The first-order chi connectivity index (χ1) is 8.60. The topological polar surface area (TPSA) is 52.6 Å². The number of esters is 1. The first-order valence-corrected chi connectivity index (χ1v) is 5.09. The Bertz CT molecular complexity index is 555. The smallest absolute Gasteiger partial charge is 0.334 e. The third-order valence-electron chi connectivity index (χ3n) is 2.30. The lowest BCUT2D eigenvalue weighted by Gasteiger charge is -2.03. The summed E-state index contributed by atoms with van der Waals surface area (Å²) in [6.07, 6.45) is 2.21. The molecule has 0 unspecified atom stereocenters. The van der Waals surface area contributed by atoms with Gasteiger partial charge < -0.3 is 9.47 Å². The van der Waals surface area contributed by atoms with Crippen LogP contribution in [-0.4, -0.2) is 18.9 Å². The lowest BCUT2D eigenvalue weighted by Crippen LogP contribution is -2.01. The van der Waals surface area contributed by atoms with Crippen molar-refractivity contribution in [1.29, 1.82) is 0 Å². The molecule has 4 nitrogen and oxygen atoms in total. The van der Waals surface area contributed by atoms with Crippen molar-refractivity contribution in [2.24, 2.45) is 0 Å². The van der Waals surface area contributed by atoms with E-state index in [0.29, 0.717) is 5.56 Å². The molecule has 0 radical (unpaired) electrons. The van der Waals surface area contributed by atoms with Crippen LogP contribution in [0.15, 0.2) is 42.2 Å². The number of rotatable bonds is 2. The van der Waals surface area contributed by atoms with Crippen LogP contribution in [0.2, 0.25) is 0 Å². The third kappa shape index (κ3) is 2.45. The summed E-state index contributed by atoms with van der Waals surface area (Å²) in [5.41, 5.74) is 0.554. The van der Waals surface area contributed by atoms with Gasteiger partial charge in [0.05, 0.1) is 13.2 Å². The van der Waals surface area contributed by atoms with Gasteiger partial charge in [-0.2, -0.15) is 0 Å². The van der Waals surface area contributed by atoms with Crippen molar-refractivity contribution in [3.8, 4) is 0 Å². The molecule has 0 saturated heterocycles. The van der Waals surface area contributed by atoms with Crippen molar-refractivity contribution in [2.45, 2.75) is 0 Å². The number of ketones is 1. The fraction of sp³-hybridized carbons (Fsp3) is 0.0769. The van der Waals surface area contributed by atoms with Gasteiger partial charge in [0.15, 0.2) is 5.76 Å². The molecule has 1 aliphatic rings. The van der Waals surface area contributed by atoms with Crippen molar-refractivity contribution >= 4 is 17.5 Å². The number of hydrogen-bond donors (Lipinski definition) is 0. The van der Waals surface area contributed by atoms with Gasteiger partial charge in [-0.15, -0.1) is 0 Å². The Morgan fingerprint density at radius 2 is 2.00 bits per heavy atom. The number of ether oxygens (including phenoxy) is 2. The molecule has 0 saturated carbocycles. The van der Waals surface area contributed by atoms with Crippen molar-refractivity contribution in [3.05, 3.63) is 53.6 Å². The Hall–Kier alpha value is -2.43. The highest BCUT2D eigenvalue weighted by atomic mass is 19.1. The molecule has 18 heavy (non-hydrogen) atoms. The van der Waals surface area contributed by atoms with Crippen molar-refractivity contribution < 1.29 is 23.5 Å². The first kappa shape index (κ1) is 12.0. The summed E-state index contributed by atoms with van der Waals surface area (Å²) in [5.74, 6) is -1.32. The van der Waals surface area contributed by atoms with Gasteiger partial charge in [-0.25, -0.2) is 9.18 Å². The number of benzene rings is 1. The second kappa shape index (κ2) is 4.83. The molecule has 1 heterocycles. The molecule has 1 aliphatic heterocycles. The molecule has 0 amide bonds. The Kier molecular flexibility index (Phi) is 3.23. The molecule has 0 bridgehead atoms. The highest BCUT2D eigenvalue weighted by molar-refractivity contribution is 6.12. The normalized spacial score (nSPS) is 16.4. The molecule has 0 fully saturated rings. The van der Waals surface area contributed by atoms with Gasteiger partial charge in [0, 0.05) is 11.6 Å². The third-order valence-corrected chi connectivity index (χ3v) is 2.30. The SMILES string of the molecule is COC(=O)C=C1OC(c2ccc(F)cc2)=CC1=O. The standard InChI is InChI=1S/C13H9FO4/c1-17-13(16)7-12-10(15)6-11(18-12)8-2-4-9(14)5-3-8/h2-7H,1H3. The van der Waals surface area contributed by atoms with Gasteiger partial charge in [0.2, 0.25) is 5.78 Å². The minimum absolute atomic E-state index is 0.110. The van der Waals surface area contributed by atoms with Gasteiger partial charge in [-0.1, -0.05) is 0 Å². The van der Waals surface area contributed by atoms with Crippen LogP contribution in [0.1, 0.15) is 5.56 Å². The van der Waals surface area contributed by atoms with E-state index in [-0.39, 0.29) is 17.3 Å². The molecule has 1 aromatic rings. The van der Waals surface area contributed by atoms with Gasteiger partial charge in [-0.3, -0.25) is 4.79 Å². The van der Waals surface area contributed by atoms with E-state index in [1.54, 1.807) is 0 Å². The Labute approximate surface area is 102 Å². The number of hydrogen-bond acceptors (Lipinski definition) is 4. The van der Waals surface area contributed by atoms with Crippen LogP contribution in [0.3, 0.4) is 0 Å². The predicted octanol–water partition coefficient (Wildman–Crippen LogP) is 1.82. The van der Waals surface area contributed by atoms with E-state index in [2.05, 4.69) is 4.74 Å². The van der Waals surface area contributed by atoms with E-state index in [1.165, 1.54) is 37.5 Å². The van der Waals surface area contributed by atoms with Crippen LogP contribution in [0, 0.1) is 5.82 Å². The number of carbonyl (C=O) groups excluding carboxylic acids is 2. The fourth-order valence-corrected chi connectivity index (χ4v) is 1.41. The van der Waals surface area contributed by atoms with E-state index in [1.807, 2.05) is 0 Å². The maximum atomic E-state index is 12.7. The van der Waals surface area contributed by atoms with Gasteiger partial charge in [-0.05, 0) is 24.3 Å². The van der Waals surface area contributed by atoms with E-state index in [4.69, 9.17) is 4.74 Å². The quantitative estimate of drug-likeness (QED) is 0.591. The zero-order valence-electron chi connectivity index (χ0n) is 9.48. The molecule has 0 atom stereocenters. The minimum atomic E-state index is -0.674. The zero-order valence-corrected chi connectivity index (χ0v) is 9.48. The molecule has 0 aromatic heterocycles. The van der Waals surface area contributed by atoms with Gasteiger partial charge >= 0.3 is 5.97 Å². The molecule has 1 aromatic carbocycles. The molecular formula is C13H9FO4. The van der Waals surface area contributed by atoms with Gasteiger partial charge in [0.25, 0.3) is 0 Å². The van der Waals surface area contributed by atoms with Gasteiger partial charge in [0.1, 0.15) is 11.6 Å². The molecule has 0 N–H and O–H groups in total. The van der Waals surface area contributed by atoms with Crippen LogP contribution < -0.4 is 0 Å². The summed E-state index contributed by atoms with van der Waals surface area (Å²) in [7, 11) is 1.20. The second-order valence-corrected chi connectivity index (χ2v) is 3.51. The molecule has 92 valence electrons. The Morgan fingerprint density at radius 1 is 1.33 bits per heavy atom. The van der Waals surface area contributed by atoms with Crippen molar-refractivity contribution in [2.75, 3.05) is 7.11 Å². The summed E-state index contributed by atoms with van der Waals surface area (Å²) < 4.78 is 22.4. The summed E-state index contributed by atoms with van der Waals surface area (Å²) in [6, 6.07) is 5.48.